The van der Waals surface area contributed by atoms with Gasteiger partial charge in [-0.1, -0.05) is 43.5 Å². The predicted octanol–water partition coefficient (Wildman–Crippen LogP) is 4.50. The average molecular weight is 449 g/mol. The number of hydrogen-bond donors (Lipinski definition) is 1. The van der Waals surface area contributed by atoms with Crippen molar-refractivity contribution in [3.05, 3.63) is 48.5 Å². The van der Waals surface area contributed by atoms with Gasteiger partial charge in [0, 0.05) is 18.3 Å². The Balaban J connectivity index is 1.31. The zero-order valence-corrected chi connectivity index (χ0v) is 18.7. The third kappa shape index (κ3) is 3.44. The summed E-state index contributed by atoms with van der Waals surface area (Å²) in [5, 5.41) is 3.70. The molecule has 2 heterocycles. The van der Waals surface area contributed by atoms with Gasteiger partial charge in [-0.3, -0.25) is 14.5 Å². The van der Waals surface area contributed by atoms with Gasteiger partial charge in [-0.2, -0.15) is 0 Å². The van der Waals surface area contributed by atoms with Crippen LogP contribution in [0.25, 0.3) is 20.8 Å². The highest BCUT2D eigenvalue weighted by Crippen LogP contribution is 2.39. The minimum absolute atomic E-state index is 0.247. The van der Waals surface area contributed by atoms with E-state index < -0.39 is 17.5 Å². The molecule has 1 saturated heterocycles. The normalized spacial score (nSPS) is 18.0. The number of urea groups is 1. The van der Waals surface area contributed by atoms with Crippen LogP contribution in [0.3, 0.4) is 0 Å². The molecule has 1 N–H and O–H groups in total. The van der Waals surface area contributed by atoms with Crippen molar-refractivity contribution in [3.63, 3.8) is 0 Å². The first kappa shape index (κ1) is 20.6. The van der Waals surface area contributed by atoms with Crippen molar-refractivity contribution >= 4 is 45.1 Å². The summed E-state index contributed by atoms with van der Waals surface area (Å²) in [6.45, 7) is -0.283. The van der Waals surface area contributed by atoms with E-state index in [-0.39, 0.29) is 12.5 Å². The number of anilines is 1. The number of fused-ring (bicyclic) bond motifs is 1. The highest BCUT2D eigenvalue weighted by molar-refractivity contribution is 7.21. The number of imide groups is 1. The Hall–Kier alpha value is -3.26. The summed E-state index contributed by atoms with van der Waals surface area (Å²) < 4.78 is 1.10. The Labute approximate surface area is 190 Å². The summed E-state index contributed by atoms with van der Waals surface area (Å²) in [6, 6.07) is 15.0. The van der Waals surface area contributed by atoms with Crippen molar-refractivity contribution in [2.75, 3.05) is 18.9 Å². The van der Waals surface area contributed by atoms with Crippen LogP contribution in [-0.2, 0) is 9.59 Å². The summed E-state index contributed by atoms with van der Waals surface area (Å²) in [5.74, 6) is -0.641. The van der Waals surface area contributed by atoms with E-state index in [0.29, 0.717) is 18.5 Å². The molecule has 2 fully saturated rings. The fraction of sp³-hybridized carbons (Fsp3) is 0.333. The lowest BCUT2D eigenvalue weighted by molar-refractivity contribution is -0.136. The van der Waals surface area contributed by atoms with Gasteiger partial charge < -0.3 is 10.2 Å². The van der Waals surface area contributed by atoms with E-state index in [9.17, 15) is 14.4 Å². The molecule has 1 aromatic heterocycles. The molecule has 1 saturated carbocycles. The number of hydrogen-bond acceptors (Lipinski definition) is 5. The highest BCUT2D eigenvalue weighted by atomic mass is 32.1. The Kier molecular flexibility index (Phi) is 5.17. The molecule has 5 rings (SSSR count). The Morgan fingerprint density at radius 2 is 1.88 bits per heavy atom. The van der Waals surface area contributed by atoms with Crippen molar-refractivity contribution in [1.82, 2.24) is 14.8 Å². The van der Waals surface area contributed by atoms with E-state index in [4.69, 9.17) is 0 Å². The van der Waals surface area contributed by atoms with Crippen molar-refractivity contribution in [2.24, 2.45) is 0 Å². The molecular weight excluding hydrogens is 424 g/mol. The zero-order chi connectivity index (χ0) is 22.3. The number of carbonyl (C=O) groups is 3. The molecule has 4 amide bonds. The van der Waals surface area contributed by atoms with Crippen LogP contribution in [0.1, 0.15) is 32.1 Å². The molecule has 0 unspecified atom stereocenters. The maximum absolute atomic E-state index is 13.1. The van der Waals surface area contributed by atoms with Crippen molar-refractivity contribution in [3.8, 4) is 10.6 Å². The van der Waals surface area contributed by atoms with Crippen LogP contribution >= 0.6 is 11.3 Å². The molecule has 2 aliphatic rings. The molecule has 1 aliphatic heterocycles. The van der Waals surface area contributed by atoms with Gasteiger partial charge in [0.25, 0.3) is 5.91 Å². The van der Waals surface area contributed by atoms with E-state index >= 15 is 0 Å². The minimum Gasteiger partial charge on any atom is -0.325 e. The van der Waals surface area contributed by atoms with Crippen molar-refractivity contribution < 1.29 is 14.4 Å². The fourth-order valence-corrected chi connectivity index (χ4v) is 5.70. The first-order valence-corrected chi connectivity index (χ1v) is 11.7. The van der Waals surface area contributed by atoms with Crippen LogP contribution in [0, 0.1) is 0 Å². The van der Waals surface area contributed by atoms with E-state index in [2.05, 4.69) is 10.3 Å². The number of amides is 4. The maximum Gasteiger partial charge on any atom is 0.327 e. The molecule has 7 nitrogen and oxygen atoms in total. The van der Waals surface area contributed by atoms with Gasteiger partial charge >= 0.3 is 6.03 Å². The molecule has 0 radical (unpaired) electrons. The number of thiazole rings is 1. The lowest BCUT2D eigenvalue weighted by Gasteiger charge is -2.35. The molecular formula is C24H24N4O3S. The van der Waals surface area contributed by atoms with Crippen LogP contribution in [0.2, 0.25) is 0 Å². The molecule has 2 aromatic carbocycles. The SMILES string of the molecule is CN1C(=O)N(CC(=O)Nc2cccc(-c3nc4ccccc4s3)c2)C(=O)C12CCCCC2. The van der Waals surface area contributed by atoms with Crippen molar-refractivity contribution in [1.29, 1.82) is 0 Å². The molecule has 0 bridgehead atoms. The molecule has 8 heteroatoms. The second-order valence-corrected chi connectivity index (χ2v) is 9.47. The van der Waals surface area contributed by atoms with E-state index in [1.807, 2.05) is 42.5 Å². The fourth-order valence-electron chi connectivity index (χ4n) is 4.74. The van der Waals surface area contributed by atoms with Gasteiger partial charge in [-0.05, 0) is 37.1 Å². The predicted molar refractivity (Wildman–Crippen MR) is 124 cm³/mol. The van der Waals surface area contributed by atoms with Gasteiger partial charge in [0.15, 0.2) is 0 Å². The topological polar surface area (TPSA) is 82.6 Å². The number of benzene rings is 2. The smallest absolute Gasteiger partial charge is 0.325 e. The standard InChI is InChI=1S/C24H24N4O3S/c1-27-23(31)28(22(30)24(27)12-5-2-6-13-24)15-20(29)25-17-9-7-8-16(14-17)21-26-18-10-3-4-11-19(18)32-21/h3-4,7-11,14H,2,5-6,12-13,15H2,1H3,(H,25,29). The molecule has 1 aliphatic carbocycles. The maximum atomic E-state index is 13.1. The van der Waals surface area contributed by atoms with Gasteiger partial charge in [0.05, 0.1) is 10.2 Å². The highest BCUT2D eigenvalue weighted by Gasteiger charge is 2.55. The number of para-hydroxylation sites is 1. The first-order valence-electron chi connectivity index (χ1n) is 10.8. The largest absolute Gasteiger partial charge is 0.327 e. The third-order valence-corrected chi connectivity index (χ3v) is 7.56. The Bertz CT molecular complexity index is 1180. The lowest BCUT2D eigenvalue weighted by Crippen LogP contribution is -2.49. The third-order valence-electron chi connectivity index (χ3n) is 6.47. The summed E-state index contributed by atoms with van der Waals surface area (Å²) in [4.78, 5) is 45.9. The van der Waals surface area contributed by atoms with Crippen LogP contribution in [0.15, 0.2) is 48.5 Å². The van der Waals surface area contributed by atoms with Crippen LogP contribution in [0.4, 0.5) is 10.5 Å². The number of nitrogens with zero attached hydrogens (tertiary/aromatic N) is 3. The molecule has 164 valence electrons. The monoisotopic (exact) mass is 448 g/mol. The molecule has 32 heavy (non-hydrogen) atoms. The van der Waals surface area contributed by atoms with Gasteiger partial charge in [0.1, 0.15) is 17.1 Å². The second kappa shape index (κ2) is 8.02. The van der Waals surface area contributed by atoms with Crippen LogP contribution < -0.4 is 5.32 Å². The van der Waals surface area contributed by atoms with Gasteiger partial charge in [-0.25, -0.2) is 9.78 Å². The van der Waals surface area contributed by atoms with Gasteiger partial charge in [0.2, 0.25) is 5.91 Å². The molecule has 1 spiro atoms. The van der Waals surface area contributed by atoms with Crippen LogP contribution in [0.5, 0.6) is 0 Å². The molecule has 3 aromatic rings. The number of likely N-dealkylation sites (N-methyl/N-ethyl adjacent to an activating group) is 1. The van der Waals surface area contributed by atoms with Crippen LogP contribution in [-0.4, -0.2) is 51.8 Å². The number of aromatic nitrogens is 1. The second-order valence-electron chi connectivity index (χ2n) is 8.44. The van der Waals surface area contributed by atoms with E-state index in [1.54, 1.807) is 24.5 Å². The summed E-state index contributed by atoms with van der Waals surface area (Å²) >= 11 is 1.59. The average Bonchev–Trinajstić information content (AvgIpc) is 3.31. The van der Waals surface area contributed by atoms with Crippen molar-refractivity contribution in [2.45, 2.75) is 37.6 Å². The Morgan fingerprint density at radius 1 is 1.09 bits per heavy atom. The zero-order valence-electron chi connectivity index (χ0n) is 17.8. The number of nitrogens with one attached hydrogen (secondary N) is 1. The quantitative estimate of drug-likeness (QED) is 0.596. The van der Waals surface area contributed by atoms with Gasteiger partial charge in [-0.15, -0.1) is 11.3 Å². The van der Waals surface area contributed by atoms with E-state index in [1.165, 1.54) is 4.90 Å². The Morgan fingerprint density at radius 3 is 2.66 bits per heavy atom. The summed E-state index contributed by atoms with van der Waals surface area (Å²) in [7, 11) is 1.67. The first-order chi connectivity index (χ1) is 15.5. The van der Waals surface area contributed by atoms with E-state index in [0.717, 1.165) is 45.0 Å². The molecule has 0 atom stereocenters. The summed E-state index contributed by atoms with van der Waals surface area (Å²) in [5.41, 5.74) is 1.67. The minimum atomic E-state index is -0.775. The summed E-state index contributed by atoms with van der Waals surface area (Å²) in [6.07, 6.45) is 4.24. The number of carbonyl (C=O) groups excluding carboxylic acids is 3. The number of rotatable bonds is 4. The lowest BCUT2D eigenvalue weighted by atomic mass is 9.81.